The number of pyridine rings is 1. The number of imidazole rings is 1. The zero-order valence-electron chi connectivity index (χ0n) is 17.5. The summed E-state index contributed by atoms with van der Waals surface area (Å²) in [6.07, 6.45) is 1.71. The number of fused-ring (bicyclic) bond motifs is 1. The monoisotopic (exact) mass is 434 g/mol. The summed E-state index contributed by atoms with van der Waals surface area (Å²) in [7, 11) is 3.32. The molecular weight excluding hydrogens is 412 g/mol. The number of hydrogen-bond donors (Lipinski definition) is 1. The van der Waals surface area contributed by atoms with Gasteiger partial charge in [-0.25, -0.2) is 4.98 Å². The molecule has 3 heterocycles. The molecule has 3 aromatic heterocycles. The van der Waals surface area contributed by atoms with E-state index < -0.39 is 0 Å². The number of carbonyl (C=O) groups excluding carboxylic acids is 2. The van der Waals surface area contributed by atoms with Gasteiger partial charge in [-0.15, -0.1) is 11.3 Å². The molecule has 0 aliphatic heterocycles. The third kappa shape index (κ3) is 4.02. The van der Waals surface area contributed by atoms with Crippen molar-refractivity contribution >= 4 is 34.6 Å². The molecule has 4 aromatic rings. The molecule has 158 valence electrons. The SMILES string of the molecule is COc1ccccc1CNC(=O)c1ccc2nc(C)c(N(C)C(=O)c3cccs3)n2c1. The Labute approximate surface area is 183 Å². The summed E-state index contributed by atoms with van der Waals surface area (Å²) in [5.41, 5.74) is 2.73. The van der Waals surface area contributed by atoms with Crippen molar-refractivity contribution in [1.82, 2.24) is 14.7 Å². The highest BCUT2D eigenvalue weighted by Gasteiger charge is 2.21. The van der Waals surface area contributed by atoms with Crippen LogP contribution in [0.1, 0.15) is 31.3 Å². The molecule has 0 unspecified atom stereocenters. The van der Waals surface area contributed by atoms with Gasteiger partial charge in [0, 0.05) is 25.4 Å². The standard InChI is InChI=1S/C23H22N4O3S/c1-15-22(26(2)23(29)19-9-6-12-31-19)27-14-17(10-11-20(27)25-15)21(28)24-13-16-7-4-5-8-18(16)30-3/h4-12,14H,13H2,1-3H3,(H,24,28). The number of carbonyl (C=O) groups is 2. The number of ether oxygens (including phenoxy) is 1. The smallest absolute Gasteiger partial charge is 0.269 e. The van der Waals surface area contributed by atoms with Gasteiger partial charge in [-0.05, 0) is 36.6 Å². The Morgan fingerprint density at radius 1 is 1.16 bits per heavy atom. The van der Waals surface area contributed by atoms with E-state index in [1.165, 1.54) is 11.3 Å². The third-order valence-corrected chi connectivity index (χ3v) is 5.87. The largest absolute Gasteiger partial charge is 0.496 e. The Bertz CT molecular complexity index is 1250. The molecule has 0 saturated heterocycles. The van der Waals surface area contributed by atoms with Crippen molar-refractivity contribution in [2.24, 2.45) is 0 Å². The molecule has 0 spiro atoms. The van der Waals surface area contributed by atoms with Crippen LogP contribution in [0.15, 0.2) is 60.1 Å². The average molecular weight is 435 g/mol. The van der Waals surface area contributed by atoms with Crippen molar-refractivity contribution in [1.29, 1.82) is 0 Å². The van der Waals surface area contributed by atoms with Crippen molar-refractivity contribution < 1.29 is 14.3 Å². The number of nitrogens with zero attached hydrogens (tertiary/aromatic N) is 3. The van der Waals surface area contributed by atoms with Gasteiger partial charge in [0.05, 0.1) is 23.2 Å². The molecule has 0 bridgehead atoms. The number of methoxy groups -OCH3 is 1. The maximum Gasteiger partial charge on any atom is 0.269 e. The maximum absolute atomic E-state index is 12.8. The number of anilines is 1. The highest BCUT2D eigenvalue weighted by Crippen LogP contribution is 2.24. The first-order chi connectivity index (χ1) is 15.0. The summed E-state index contributed by atoms with van der Waals surface area (Å²) in [4.78, 5) is 32.4. The normalized spacial score (nSPS) is 10.8. The van der Waals surface area contributed by atoms with Gasteiger partial charge in [-0.3, -0.25) is 18.9 Å². The predicted octanol–water partition coefficient (Wildman–Crippen LogP) is 3.92. The van der Waals surface area contributed by atoms with Crippen LogP contribution in [0.25, 0.3) is 5.65 Å². The summed E-state index contributed by atoms with van der Waals surface area (Å²) in [6.45, 7) is 2.19. The van der Waals surface area contributed by atoms with Gasteiger partial charge in [0.1, 0.15) is 17.2 Å². The number of hydrogen-bond acceptors (Lipinski definition) is 5. The predicted molar refractivity (Wildman–Crippen MR) is 121 cm³/mol. The van der Waals surface area contributed by atoms with E-state index in [0.29, 0.717) is 34.1 Å². The number of nitrogens with one attached hydrogen (secondary N) is 1. The van der Waals surface area contributed by atoms with Gasteiger partial charge < -0.3 is 10.1 Å². The van der Waals surface area contributed by atoms with E-state index in [4.69, 9.17) is 4.74 Å². The summed E-state index contributed by atoms with van der Waals surface area (Å²) in [6, 6.07) is 14.7. The van der Waals surface area contributed by atoms with Gasteiger partial charge in [0.2, 0.25) is 0 Å². The molecule has 1 N–H and O–H groups in total. The summed E-state index contributed by atoms with van der Waals surface area (Å²) < 4.78 is 7.12. The van der Waals surface area contributed by atoms with Crippen molar-refractivity contribution in [2.75, 3.05) is 19.1 Å². The van der Waals surface area contributed by atoms with Crippen LogP contribution in [0.2, 0.25) is 0 Å². The first-order valence-electron chi connectivity index (χ1n) is 9.70. The van der Waals surface area contributed by atoms with Crippen LogP contribution in [-0.2, 0) is 6.54 Å². The Morgan fingerprint density at radius 3 is 2.71 bits per heavy atom. The van der Waals surface area contributed by atoms with Gasteiger partial charge in [-0.1, -0.05) is 24.3 Å². The van der Waals surface area contributed by atoms with E-state index in [1.807, 2.05) is 42.6 Å². The maximum atomic E-state index is 12.8. The number of aromatic nitrogens is 2. The Balaban J connectivity index is 1.60. The minimum atomic E-state index is -0.225. The molecule has 4 rings (SSSR count). The van der Waals surface area contributed by atoms with E-state index in [-0.39, 0.29) is 11.8 Å². The van der Waals surface area contributed by atoms with E-state index in [2.05, 4.69) is 10.3 Å². The number of thiophene rings is 1. The molecule has 0 fully saturated rings. The Hall–Kier alpha value is -3.65. The van der Waals surface area contributed by atoms with Gasteiger partial charge in [0.25, 0.3) is 11.8 Å². The molecule has 8 heteroatoms. The topological polar surface area (TPSA) is 75.9 Å². The van der Waals surface area contributed by atoms with Gasteiger partial charge in [-0.2, -0.15) is 0 Å². The molecule has 0 atom stereocenters. The number of aryl methyl sites for hydroxylation is 1. The highest BCUT2D eigenvalue weighted by atomic mass is 32.1. The number of benzene rings is 1. The first kappa shape index (κ1) is 20.6. The lowest BCUT2D eigenvalue weighted by atomic mass is 10.2. The van der Waals surface area contributed by atoms with Crippen molar-refractivity contribution in [3.05, 3.63) is 81.8 Å². The number of para-hydroxylation sites is 1. The van der Waals surface area contributed by atoms with E-state index in [0.717, 1.165) is 11.3 Å². The van der Waals surface area contributed by atoms with Crippen LogP contribution >= 0.6 is 11.3 Å². The van der Waals surface area contributed by atoms with Crippen molar-refractivity contribution in [3.63, 3.8) is 0 Å². The van der Waals surface area contributed by atoms with Crippen LogP contribution in [0.5, 0.6) is 5.75 Å². The third-order valence-electron chi connectivity index (χ3n) is 5.01. The van der Waals surface area contributed by atoms with Gasteiger partial charge in [0.15, 0.2) is 0 Å². The summed E-state index contributed by atoms with van der Waals surface area (Å²) >= 11 is 1.39. The second-order valence-electron chi connectivity index (χ2n) is 7.00. The lowest BCUT2D eigenvalue weighted by molar-refractivity contribution is 0.0949. The number of rotatable bonds is 6. The summed E-state index contributed by atoms with van der Waals surface area (Å²) in [5.74, 6) is 1.01. The second kappa shape index (κ2) is 8.61. The Morgan fingerprint density at radius 2 is 1.97 bits per heavy atom. The minimum Gasteiger partial charge on any atom is -0.496 e. The highest BCUT2D eigenvalue weighted by molar-refractivity contribution is 7.12. The molecule has 0 saturated carbocycles. The van der Waals surface area contributed by atoms with Crippen LogP contribution in [0.4, 0.5) is 5.82 Å². The average Bonchev–Trinajstić information content (AvgIpc) is 3.43. The van der Waals surface area contributed by atoms with Crippen molar-refractivity contribution in [3.8, 4) is 5.75 Å². The molecule has 0 aliphatic carbocycles. The lowest BCUT2D eigenvalue weighted by Crippen LogP contribution is -2.27. The summed E-state index contributed by atoms with van der Waals surface area (Å²) in [5, 5.41) is 4.79. The van der Waals surface area contributed by atoms with Gasteiger partial charge >= 0.3 is 0 Å². The van der Waals surface area contributed by atoms with Crippen LogP contribution in [-0.4, -0.2) is 35.4 Å². The molecule has 7 nitrogen and oxygen atoms in total. The fourth-order valence-electron chi connectivity index (χ4n) is 3.48. The van der Waals surface area contributed by atoms with E-state index in [1.54, 1.807) is 47.9 Å². The van der Waals surface area contributed by atoms with Crippen LogP contribution in [0.3, 0.4) is 0 Å². The van der Waals surface area contributed by atoms with E-state index in [9.17, 15) is 9.59 Å². The fraction of sp³-hybridized carbons (Fsp3) is 0.174. The molecular formula is C23H22N4O3S. The zero-order chi connectivity index (χ0) is 22.0. The fourth-order valence-corrected chi connectivity index (χ4v) is 4.18. The van der Waals surface area contributed by atoms with Crippen LogP contribution in [0, 0.1) is 6.92 Å². The Kier molecular flexibility index (Phi) is 5.73. The van der Waals surface area contributed by atoms with Crippen molar-refractivity contribution in [2.45, 2.75) is 13.5 Å². The zero-order valence-corrected chi connectivity index (χ0v) is 18.3. The molecule has 2 amide bonds. The second-order valence-corrected chi connectivity index (χ2v) is 7.95. The molecule has 0 radical (unpaired) electrons. The molecule has 1 aromatic carbocycles. The quantitative estimate of drug-likeness (QED) is 0.499. The van der Waals surface area contributed by atoms with E-state index >= 15 is 0 Å². The molecule has 31 heavy (non-hydrogen) atoms. The minimum absolute atomic E-state index is 0.120. The van der Waals surface area contributed by atoms with Crippen LogP contribution < -0.4 is 15.0 Å². The lowest BCUT2D eigenvalue weighted by Gasteiger charge is -2.17. The first-order valence-corrected chi connectivity index (χ1v) is 10.6. The number of amides is 2. The molecule has 0 aliphatic rings.